The summed E-state index contributed by atoms with van der Waals surface area (Å²) in [6, 6.07) is 18.8. The number of amides is 1. The molecule has 0 aliphatic rings. The Hall–Kier alpha value is -3.78. The van der Waals surface area contributed by atoms with Gasteiger partial charge in [-0.15, -0.1) is 0 Å². The molecular weight excluding hydrogens is 350 g/mol. The largest absolute Gasteiger partial charge is 0.507 e. The van der Waals surface area contributed by atoms with Crippen molar-refractivity contribution in [2.24, 2.45) is 5.73 Å². The van der Waals surface area contributed by atoms with E-state index in [1.54, 1.807) is 24.3 Å². The molecule has 3 N–H and O–H groups in total. The minimum atomic E-state index is -0.541. The Morgan fingerprint density at radius 2 is 1.89 bits per heavy atom. The molecule has 5 nitrogen and oxygen atoms in total. The van der Waals surface area contributed by atoms with Gasteiger partial charge in [0.1, 0.15) is 5.75 Å². The molecule has 0 saturated carbocycles. The summed E-state index contributed by atoms with van der Waals surface area (Å²) in [6.07, 6.45) is 0.766. The van der Waals surface area contributed by atoms with Gasteiger partial charge in [-0.1, -0.05) is 31.2 Å². The number of carbonyl (C=O) groups excluding carboxylic acids is 1. The van der Waals surface area contributed by atoms with Gasteiger partial charge in [0, 0.05) is 17.5 Å². The number of aromatic nitrogens is 1. The number of hydrogen-bond acceptors (Lipinski definition) is 3. The maximum atomic E-state index is 12.0. The van der Waals surface area contributed by atoms with E-state index >= 15 is 0 Å². The minimum absolute atomic E-state index is 0.125. The number of carbonyl (C=O) groups is 1. The van der Waals surface area contributed by atoms with Crippen LogP contribution >= 0.6 is 0 Å². The maximum Gasteiger partial charge on any atom is 0.249 e. The van der Waals surface area contributed by atoms with E-state index in [2.05, 4.69) is 6.07 Å². The molecule has 0 aliphatic carbocycles. The monoisotopic (exact) mass is 369 g/mol. The van der Waals surface area contributed by atoms with Crippen molar-refractivity contribution in [3.63, 3.8) is 0 Å². The highest BCUT2D eigenvalue weighted by Gasteiger charge is 2.20. The van der Waals surface area contributed by atoms with Crippen molar-refractivity contribution in [3.8, 4) is 11.8 Å². The van der Waals surface area contributed by atoms with Gasteiger partial charge >= 0.3 is 0 Å². The summed E-state index contributed by atoms with van der Waals surface area (Å²) in [5, 5.41) is 21.5. The second kappa shape index (κ2) is 6.75. The Labute approximate surface area is 162 Å². The van der Waals surface area contributed by atoms with E-state index in [0.29, 0.717) is 28.4 Å². The number of primary amides is 1. The lowest BCUT2D eigenvalue weighted by molar-refractivity contribution is 0.100. The van der Waals surface area contributed by atoms with Crippen LogP contribution in [0.15, 0.2) is 54.6 Å². The van der Waals surface area contributed by atoms with Gasteiger partial charge in [-0.3, -0.25) is 4.79 Å². The molecule has 0 saturated heterocycles. The highest BCUT2D eigenvalue weighted by Crippen LogP contribution is 2.38. The minimum Gasteiger partial charge on any atom is -0.507 e. The van der Waals surface area contributed by atoms with Gasteiger partial charge in [0.2, 0.25) is 5.91 Å². The van der Waals surface area contributed by atoms with Gasteiger partial charge in [0.05, 0.1) is 28.1 Å². The van der Waals surface area contributed by atoms with Crippen LogP contribution in [0, 0.1) is 11.3 Å². The molecule has 0 spiro atoms. The first kappa shape index (κ1) is 17.6. The second-order valence-electron chi connectivity index (χ2n) is 6.78. The van der Waals surface area contributed by atoms with E-state index < -0.39 is 5.91 Å². The molecule has 28 heavy (non-hydrogen) atoms. The molecule has 5 heteroatoms. The maximum absolute atomic E-state index is 12.0. The van der Waals surface area contributed by atoms with E-state index in [0.717, 1.165) is 28.6 Å². The summed E-state index contributed by atoms with van der Waals surface area (Å²) in [4.78, 5) is 12.0. The van der Waals surface area contributed by atoms with E-state index in [-0.39, 0.29) is 5.75 Å². The number of nitriles is 1. The lowest BCUT2D eigenvalue weighted by atomic mass is 10.0. The average molecular weight is 369 g/mol. The normalized spacial score (nSPS) is 11.0. The molecule has 0 atom stereocenters. The van der Waals surface area contributed by atoms with Gasteiger partial charge in [-0.25, -0.2) is 0 Å². The molecule has 1 aromatic heterocycles. The SMILES string of the molecule is CCc1cc(O)c2c3c(C(N)=O)cccc3n(Cc3ccccc3C#N)c2c1. The lowest BCUT2D eigenvalue weighted by Crippen LogP contribution is -2.11. The summed E-state index contributed by atoms with van der Waals surface area (Å²) < 4.78 is 2.03. The number of aryl methyl sites for hydroxylation is 1. The van der Waals surface area contributed by atoms with Gasteiger partial charge in [-0.2, -0.15) is 5.26 Å². The molecular formula is C23H19N3O2. The van der Waals surface area contributed by atoms with Crippen LogP contribution in [0.2, 0.25) is 0 Å². The highest BCUT2D eigenvalue weighted by molar-refractivity contribution is 6.19. The van der Waals surface area contributed by atoms with Crippen molar-refractivity contribution >= 4 is 27.7 Å². The Morgan fingerprint density at radius 1 is 1.11 bits per heavy atom. The molecule has 1 heterocycles. The van der Waals surface area contributed by atoms with Crippen LogP contribution < -0.4 is 5.73 Å². The summed E-state index contributed by atoms with van der Waals surface area (Å²) in [5.74, 6) is -0.415. The van der Waals surface area contributed by atoms with Crippen molar-refractivity contribution in [3.05, 3.63) is 76.9 Å². The number of phenols is 1. The van der Waals surface area contributed by atoms with Gasteiger partial charge in [0.15, 0.2) is 0 Å². The van der Waals surface area contributed by atoms with Gasteiger partial charge in [0.25, 0.3) is 0 Å². The Kier molecular flexibility index (Phi) is 4.25. The quantitative estimate of drug-likeness (QED) is 0.568. The second-order valence-corrected chi connectivity index (χ2v) is 6.78. The Balaban J connectivity index is 2.12. The van der Waals surface area contributed by atoms with Gasteiger partial charge < -0.3 is 15.4 Å². The standard InChI is InChI=1S/C23H19N3O2/c1-2-14-10-19-22(20(27)11-14)21-17(23(25)28)8-5-9-18(21)26(19)13-16-7-4-3-6-15(16)12-24/h3-11,27H,2,13H2,1H3,(H2,25,28). The molecule has 4 aromatic rings. The van der Waals surface area contributed by atoms with Crippen LogP contribution in [0.5, 0.6) is 5.75 Å². The fourth-order valence-electron chi connectivity index (χ4n) is 3.81. The first-order valence-electron chi connectivity index (χ1n) is 9.09. The van der Waals surface area contributed by atoms with Crippen LogP contribution in [-0.4, -0.2) is 15.6 Å². The predicted molar refractivity (Wildman–Crippen MR) is 109 cm³/mol. The molecule has 0 fully saturated rings. The Morgan fingerprint density at radius 3 is 2.61 bits per heavy atom. The summed E-state index contributed by atoms with van der Waals surface area (Å²) in [6.45, 7) is 2.46. The third-order valence-corrected chi connectivity index (χ3v) is 5.17. The highest BCUT2D eigenvalue weighted by atomic mass is 16.3. The molecule has 3 aromatic carbocycles. The van der Waals surface area contributed by atoms with Crippen LogP contribution in [0.25, 0.3) is 21.8 Å². The van der Waals surface area contributed by atoms with E-state index in [4.69, 9.17) is 5.73 Å². The molecule has 0 bridgehead atoms. The number of rotatable bonds is 4. The topological polar surface area (TPSA) is 92.0 Å². The number of nitrogens with two attached hydrogens (primary N) is 1. The predicted octanol–water partition coefficient (Wildman–Crippen LogP) is 4.08. The number of hydrogen-bond donors (Lipinski definition) is 2. The number of benzene rings is 3. The summed E-state index contributed by atoms with van der Waals surface area (Å²) >= 11 is 0. The molecule has 138 valence electrons. The molecule has 1 amide bonds. The van der Waals surface area contributed by atoms with Gasteiger partial charge in [-0.05, 0) is 47.9 Å². The number of phenolic OH excluding ortho intramolecular Hbond substituents is 1. The molecule has 0 radical (unpaired) electrons. The zero-order chi connectivity index (χ0) is 19.8. The van der Waals surface area contributed by atoms with Crippen molar-refractivity contribution in [2.45, 2.75) is 19.9 Å². The molecule has 4 rings (SSSR count). The zero-order valence-corrected chi connectivity index (χ0v) is 15.4. The summed E-state index contributed by atoms with van der Waals surface area (Å²) in [5.41, 5.74) is 10.0. The van der Waals surface area contributed by atoms with E-state index in [9.17, 15) is 15.2 Å². The fourth-order valence-corrected chi connectivity index (χ4v) is 3.81. The van der Waals surface area contributed by atoms with Crippen LogP contribution in [0.1, 0.15) is 34.0 Å². The third kappa shape index (κ3) is 2.67. The van der Waals surface area contributed by atoms with Crippen LogP contribution in [-0.2, 0) is 13.0 Å². The average Bonchev–Trinajstić information content (AvgIpc) is 3.02. The van der Waals surface area contributed by atoms with E-state index in [1.165, 1.54) is 0 Å². The fraction of sp³-hybridized carbons (Fsp3) is 0.130. The smallest absolute Gasteiger partial charge is 0.249 e. The summed E-state index contributed by atoms with van der Waals surface area (Å²) in [7, 11) is 0. The zero-order valence-electron chi connectivity index (χ0n) is 15.4. The Bertz CT molecular complexity index is 1280. The number of fused-ring (bicyclic) bond motifs is 3. The van der Waals surface area contributed by atoms with Crippen LogP contribution in [0.4, 0.5) is 0 Å². The first-order valence-corrected chi connectivity index (χ1v) is 9.09. The van der Waals surface area contributed by atoms with Crippen LogP contribution in [0.3, 0.4) is 0 Å². The van der Waals surface area contributed by atoms with Crippen molar-refractivity contribution in [1.82, 2.24) is 4.57 Å². The van der Waals surface area contributed by atoms with Crippen molar-refractivity contribution < 1.29 is 9.90 Å². The number of aromatic hydroxyl groups is 1. The van der Waals surface area contributed by atoms with Crippen molar-refractivity contribution in [1.29, 1.82) is 5.26 Å². The lowest BCUT2D eigenvalue weighted by Gasteiger charge is -2.10. The van der Waals surface area contributed by atoms with E-state index in [1.807, 2.05) is 41.8 Å². The molecule has 0 unspecified atom stereocenters. The molecule has 0 aliphatic heterocycles. The number of nitrogens with zero attached hydrogens (tertiary/aromatic N) is 2. The third-order valence-electron chi connectivity index (χ3n) is 5.17. The first-order chi connectivity index (χ1) is 13.5. The van der Waals surface area contributed by atoms with Crippen molar-refractivity contribution in [2.75, 3.05) is 0 Å².